The first-order chi connectivity index (χ1) is 8.60. The van der Waals surface area contributed by atoms with Crippen molar-refractivity contribution in [2.45, 2.75) is 26.2 Å². The minimum absolute atomic E-state index is 0.183. The molecule has 0 bridgehead atoms. The van der Waals surface area contributed by atoms with Gasteiger partial charge in [-0.15, -0.1) is 0 Å². The second kappa shape index (κ2) is 5.33. The maximum atomic E-state index is 13.4. The molecule has 0 unspecified atom stereocenters. The molecule has 0 heterocycles. The SMILES string of the molecule is CCN(CC1CCC1)c1cc(F)cc([N+](=O)[O-])c1. The molecule has 0 N–H and O–H groups in total. The van der Waals surface area contributed by atoms with Crippen molar-refractivity contribution in [3.63, 3.8) is 0 Å². The molecule has 98 valence electrons. The Morgan fingerprint density at radius 2 is 2.17 bits per heavy atom. The minimum atomic E-state index is -0.552. The summed E-state index contributed by atoms with van der Waals surface area (Å²) >= 11 is 0. The van der Waals surface area contributed by atoms with Gasteiger partial charge in [0.05, 0.1) is 11.0 Å². The van der Waals surface area contributed by atoms with Gasteiger partial charge in [0.15, 0.2) is 0 Å². The fraction of sp³-hybridized carbons (Fsp3) is 0.538. The molecule has 4 nitrogen and oxygen atoms in total. The molecule has 2 rings (SSSR count). The summed E-state index contributed by atoms with van der Waals surface area (Å²) in [6, 6.07) is 3.78. The summed E-state index contributed by atoms with van der Waals surface area (Å²) in [5, 5.41) is 10.7. The van der Waals surface area contributed by atoms with Crippen LogP contribution in [0.4, 0.5) is 15.8 Å². The maximum absolute atomic E-state index is 13.4. The summed E-state index contributed by atoms with van der Waals surface area (Å²) in [4.78, 5) is 12.2. The van der Waals surface area contributed by atoms with Crippen LogP contribution in [0.15, 0.2) is 18.2 Å². The number of rotatable bonds is 5. The van der Waals surface area contributed by atoms with Gasteiger partial charge in [-0.2, -0.15) is 0 Å². The van der Waals surface area contributed by atoms with Crippen LogP contribution in [0.25, 0.3) is 0 Å². The number of nitro groups is 1. The molecular formula is C13H17FN2O2. The van der Waals surface area contributed by atoms with E-state index >= 15 is 0 Å². The van der Waals surface area contributed by atoms with E-state index in [0.717, 1.165) is 19.2 Å². The highest BCUT2D eigenvalue weighted by molar-refractivity contribution is 5.53. The third-order valence-corrected chi connectivity index (χ3v) is 3.53. The van der Waals surface area contributed by atoms with Gasteiger partial charge in [-0.05, 0) is 31.7 Å². The molecule has 0 amide bonds. The van der Waals surface area contributed by atoms with Gasteiger partial charge in [0.1, 0.15) is 5.82 Å². The van der Waals surface area contributed by atoms with Crippen LogP contribution in [0.3, 0.4) is 0 Å². The van der Waals surface area contributed by atoms with Crippen molar-refractivity contribution in [1.82, 2.24) is 0 Å². The molecular weight excluding hydrogens is 235 g/mol. The molecule has 5 heteroatoms. The Labute approximate surface area is 106 Å². The largest absolute Gasteiger partial charge is 0.371 e. The highest BCUT2D eigenvalue weighted by Crippen LogP contribution is 2.30. The number of nitro benzene ring substituents is 1. The van der Waals surface area contributed by atoms with Gasteiger partial charge < -0.3 is 4.90 Å². The maximum Gasteiger partial charge on any atom is 0.274 e. The third kappa shape index (κ3) is 2.78. The standard InChI is InChI=1S/C13H17FN2O2/c1-2-15(9-10-4-3-5-10)12-6-11(14)7-13(8-12)16(17)18/h6-8,10H,2-5,9H2,1H3. The Morgan fingerprint density at radius 3 is 2.67 bits per heavy atom. The fourth-order valence-corrected chi connectivity index (χ4v) is 2.25. The second-order valence-corrected chi connectivity index (χ2v) is 4.76. The van der Waals surface area contributed by atoms with E-state index in [2.05, 4.69) is 0 Å². The number of anilines is 1. The monoisotopic (exact) mass is 252 g/mol. The van der Waals surface area contributed by atoms with E-state index in [1.54, 1.807) is 0 Å². The minimum Gasteiger partial charge on any atom is -0.371 e. The summed E-state index contributed by atoms with van der Waals surface area (Å²) < 4.78 is 13.4. The molecule has 0 spiro atoms. The lowest BCUT2D eigenvalue weighted by Gasteiger charge is -2.33. The highest BCUT2D eigenvalue weighted by atomic mass is 19.1. The lowest BCUT2D eigenvalue weighted by Crippen LogP contribution is -2.32. The zero-order valence-electron chi connectivity index (χ0n) is 10.4. The van der Waals surface area contributed by atoms with Crippen molar-refractivity contribution < 1.29 is 9.31 Å². The van der Waals surface area contributed by atoms with Crippen LogP contribution in [0.1, 0.15) is 26.2 Å². The Bertz CT molecular complexity index is 447. The Hall–Kier alpha value is -1.65. The molecule has 1 aromatic carbocycles. The van der Waals surface area contributed by atoms with E-state index in [9.17, 15) is 14.5 Å². The van der Waals surface area contributed by atoms with Gasteiger partial charge >= 0.3 is 0 Å². The van der Waals surface area contributed by atoms with E-state index in [1.807, 2.05) is 11.8 Å². The number of non-ortho nitro benzene ring substituents is 1. The van der Waals surface area contributed by atoms with Gasteiger partial charge in [-0.25, -0.2) is 4.39 Å². The Morgan fingerprint density at radius 1 is 1.44 bits per heavy atom. The molecule has 18 heavy (non-hydrogen) atoms. The molecule has 0 saturated heterocycles. The average molecular weight is 252 g/mol. The summed E-state index contributed by atoms with van der Waals surface area (Å²) in [7, 11) is 0. The summed E-state index contributed by atoms with van der Waals surface area (Å²) in [6.45, 7) is 3.57. The van der Waals surface area contributed by atoms with Crippen molar-refractivity contribution in [2.24, 2.45) is 5.92 Å². The van der Waals surface area contributed by atoms with Crippen LogP contribution < -0.4 is 4.90 Å². The van der Waals surface area contributed by atoms with Crippen LogP contribution in [0, 0.1) is 21.8 Å². The zero-order chi connectivity index (χ0) is 13.1. The van der Waals surface area contributed by atoms with Crippen molar-refractivity contribution in [2.75, 3.05) is 18.0 Å². The molecule has 0 aliphatic heterocycles. The van der Waals surface area contributed by atoms with Gasteiger partial charge in [0.25, 0.3) is 5.69 Å². The van der Waals surface area contributed by atoms with Gasteiger partial charge in [-0.3, -0.25) is 10.1 Å². The number of nitrogens with zero attached hydrogens (tertiary/aromatic N) is 2. The summed E-state index contributed by atoms with van der Waals surface area (Å²) in [5.74, 6) is 0.0959. The van der Waals surface area contributed by atoms with Crippen LogP contribution in [0.5, 0.6) is 0 Å². The van der Waals surface area contributed by atoms with E-state index in [1.165, 1.54) is 31.4 Å². The molecule has 1 aliphatic rings. The highest BCUT2D eigenvalue weighted by Gasteiger charge is 2.21. The van der Waals surface area contributed by atoms with Gasteiger partial charge in [0.2, 0.25) is 0 Å². The second-order valence-electron chi connectivity index (χ2n) is 4.76. The topological polar surface area (TPSA) is 46.4 Å². The van der Waals surface area contributed by atoms with Crippen molar-refractivity contribution in [3.05, 3.63) is 34.1 Å². The molecule has 1 aromatic rings. The molecule has 0 radical (unpaired) electrons. The zero-order valence-corrected chi connectivity index (χ0v) is 10.4. The summed E-state index contributed by atoms with van der Waals surface area (Å²) in [6.07, 6.45) is 3.66. The molecule has 1 aliphatic carbocycles. The quantitative estimate of drug-likeness (QED) is 0.596. The summed E-state index contributed by atoms with van der Waals surface area (Å²) in [5.41, 5.74) is 0.424. The van der Waals surface area contributed by atoms with E-state index in [4.69, 9.17) is 0 Å². The van der Waals surface area contributed by atoms with E-state index in [-0.39, 0.29) is 5.69 Å². The average Bonchev–Trinajstić information content (AvgIpc) is 2.27. The molecule has 0 atom stereocenters. The van der Waals surface area contributed by atoms with Crippen LogP contribution >= 0.6 is 0 Å². The molecule has 1 saturated carbocycles. The third-order valence-electron chi connectivity index (χ3n) is 3.53. The predicted octanol–water partition coefficient (Wildman–Crippen LogP) is 3.36. The van der Waals surface area contributed by atoms with E-state index < -0.39 is 10.7 Å². The number of halogens is 1. The Balaban J connectivity index is 2.20. The smallest absolute Gasteiger partial charge is 0.274 e. The van der Waals surface area contributed by atoms with E-state index in [0.29, 0.717) is 11.6 Å². The van der Waals surface area contributed by atoms with Crippen molar-refractivity contribution in [1.29, 1.82) is 0 Å². The first-order valence-electron chi connectivity index (χ1n) is 6.30. The Kier molecular flexibility index (Phi) is 3.79. The van der Waals surface area contributed by atoms with Crippen LogP contribution in [-0.2, 0) is 0 Å². The number of hydrogen-bond acceptors (Lipinski definition) is 3. The lowest BCUT2D eigenvalue weighted by molar-refractivity contribution is -0.385. The lowest BCUT2D eigenvalue weighted by atomic mass is 9.85. The first kappa shape index (κ1) is 12.8. The van der Waals surface area contributed by atoms with Crippen molar-refractivity contribution in [3.8, 4) is 0 Å². The molecule has 1 fully saturated rings. The predicted molar refractivity (Wildman–Crippen MR) is 68.3 cm³/mol. The number of hydrogen-bond donors (Lipinski definition) is 0. The molecule has 0 aromatic heterocycles. The van der Waals surface area contributed by atoms with Gasteiger partial charge in [-0.1, -0.05) is 6.42 Å². The van der Waals surface area contributed by atoms with Crippen LogP contribution in [-0.4, -0.2) is 18.0 Å². The fourth-order valence-electron chi connectivity index (χ4n) is 2.25. The first-order valence-corrected chi connectivity index (χ1v) is 6.30. The van der Waals surface area contributed by atoms with Crippen LogP contribution in [0.2, 0.25) is 0 Å². The normalized spacial score (nSPS) is 15.2. The van der Waals surface area contributed by atoms with Gasteiger partial charge in [0, 0.05) is 24.8 Å². The van der Waals surface area contributed by atoms with Crippen molar-refractivity contribution >= 4 is 11.4 Å². The number of benzene rings is 1.